The van der Waals surface area contributed by atoms with Gasteiger partial charge in [-0.05, 0) is 132 Å². The number of rotatable bonds is 14. The normalized spacial score (nSPS) is 11.1. The second kappa shape index (κ2) is 17.4. The van der Waals surface area contributed by atoms with Crippen molar-refractivity contribution >= 4 is 0 Å². The van der Waals surface area contributed by atoms with Crippen molar-refractivity contribution in [3.05, 3.63) is 182 Å². The van der Waals surface area contributed by atoms with Crippen molar-refractivity contribution in [3.8, 4) is 67.8 Å². The molecule has 6 heteroatoms. The van der Waals surface area contributed by atoms with Crippen LogP contribution in [0.2, 0.25) is 0 Å². The van der Waals surface area contributed by atoms with Gasteiger partial charge in [-0.2, -0.15) is 0 Å². The molecule has 0 saturated carbocycles. The molecule has 0 amide bonds. The Balaban J connectivity index is 0.831. The molecule has 0 radical (unpaired) electrons. The van der Waals surface area contributed by atoms with Crippen LogP contribution in [0.1, 0.15) is 43.2 Å². The van der Waals surface area contributed by atoms with Crippen LogP contribution in [0.3, 0.4) is 0 Å². The summed E-state index contributed by atoms with van der Waals surface area (Å²) in [4.78, 5) is 28.0. The van der Waals surface area contributed by atoms with Crippen molar-refractivity contribution < 1.29 is 0 Å². The van der Waals surface area contributed by atoms with Crippen molar-refractivity contribution in [2.24, 2.45) is 0 Å². The molecule has 55 heavy (non-hydrogen) atoms. The third-order valence-corrected chi connectivity index (χ3v) is 9.87. The fraction of sp³-hybridized carbons (Fsp3) is 0.143. The molecule has 0 atom stereocenters. The number of hydrogen-bond acceptors (Lipinski definition) is 6. The number of pyridine rings is 6. The molecule has 0 unspecified atom stereocenters. The van der Waals surface area contributed by atoms with Gasteiger partial charge in [-0.3, -0.25) is 19.9 Å². The highest BCUT2D eigenvalue weighted by atomic mass is 14.8. The maximum absolute atomic E-state index is 4.91. The highest BCUT2D eigenvalue weighted by molar-refractivity contribution is 5.76. The Labute approximate surface area is 323 Å². The number of nitrogens with zero attached hydrogens (tertiary/aromatic N) is 6. The van der Waals surface area contributed by atoms with E-state index in [2.05, 4.69) is 92.7 Å². The quantitative estimate of drug-likeness (QED) is 0.104. The number of hydrogen-bond donors (Lipinski definition) is 0. The number of unbranched alkanes of at least 4 members (excludes halogenated alkanes) is 4. The first kappa shape index (κ1) is 35.4. The van der Waals surface area contributed by atoms with Gasteiger partial charge in [-0.15, -0.1) is 0 Å². The summed E-state index contributed by atoms with van der Waals surface area (Å²) in [5, 5.41) is 0. The number of benzene rings is 2. The molecule has 0 saturated heterocycles. The average molecular weight is 715 g/mol. The highest BCUT2D eigenvalue weighted by Gasteiger charge is 2.12. The van der Waals surface area contributed by atoms with E-state index in [4.69, 9.17) is 9.97 Å². The van der Waals surface area contributed by atoms with Crippen LogP contribution in [-0.2, 0) is 12.8 Å². The van der Waals surface area contributed by atoms with Gasteiger partial charge in [0, 0.05) is 24.8 Å². The van der Waals surface area contributed by atoms with Crippen LogP contribution in [-0.4, -0.2) is 29.9 Å². The SMILES string of the molecule is c1ccc(-c2cc(-c3ccc(CCCCCCCc4ccc(-c5cc(-c6ccccn6)nc(-c6ccccn6)c5)cc4)cc3)cc(-c3ccccn3)n2)nc1. The van der Waals surface area contributed by atoms with Gasteiger partial charge in [0.1, 0.15) is 0 Å². The summed E-state index contributed by atoms with van der Waals surface area (Å²) in [6.45, 7) is 0. The van der Waals surface area contributed by atoms with Crippen molar-refractivity contribution in [1.82, 2.24) is 29.9 Å². The lowest BCUT2D eigenvalue weighted by Crippen LogP contribution is -1.94. The molecule has 0 aliphatic rings. The van der Waals surface area contributed by atoms with Gasteiger partial charge in [0.2, 0.25) is 0 Å². The molecular weight excluding hydrogens is 673 g/mol. The van der Waals surface area contributed by atoms with Crippen molar-refractivity contribution in [3.63, 3.8) is 0 Å². The summed E-state index contributed by atoms with van der Waals surface area (Å²) in [7, 11) is 0. The van der Waals surface area contributed by atoms with Gasteiger partial charge < -0.3 is 0 Å². The molecule has 0 aliphatic carbocycles. The van der Waals surface area contributed by atoms with E-state index in [1.165, 1.54) is 43.2 Å². The van der Waals surface area contributed by atoms with E-state index in [9.17, 15) is 0 Å². The zero-order chi connectivity index (χ0) is 37.1. The van der Waals surface area contributed by atoms with Gasteiger partial charge >= 0.3 is 0 Å². The lowest BCUT2D eigenvalue weighted by atomic mass is 9.98. The number of aromatic nitrogens is 6. The van der Waals surface area contributed by atoms with Crippen LogP contribution in [0.15, 0.2) is 170 Å². The molecular formula is C49H42N6. The van der Waals surface area contributed by atoms with E-state index in [0.717, 1.165) is 80.6 Å². The lowest BCUT2D eigenvalue weighted by molar-refractivity contribution is 0.613. The largest absolute Gasteiger partial charge is 0.255 e. The van der Waals surface area contributed by atoms with Crippen LogP contribution in [0.4, 0.5) is 0 Å². The van der Waals surface area contributed by atoms with Crippen LogP contribution in [0.5, 0.6) is 0 Å². The topological polar surface area (TPSA) is 77.3 Å². The first-order valence-corrected chi connectivity index (χ1v) is 19.1. The fourth-order valence-electron chi connectivity index (χ4n) is 6.89. The predicted molar refractivity (Wildman–Crippen MR) is 223 cm³/mol. The molecule has 0 bridgehead atoms. The molecule has 2 aromatic carbocycles. The Morgan fingerprint density at radius 3 is 0.873 bits per heavy atom. The van der Waals surface area contributed by atoms with Gasteiger partial charge in [0.15, 0.2) is 0 Å². The van der Waals surface area contributed by atoms with E-state index in [-0.39, 0.29) is 0 Å². The van der Waals surface area contributed by atoms with Crippen LogP contribution in [0, 0.1) is 0 Å². The molecule has 0 aliphatic heterocycles. The predicted octanol–water partition coefficient (Wildman–Crippen LogP) is 11.8. The van der Waals surface area contributed by atoms with Gasteiger partial charge in [0.05, 0.1) is 45.6 Å². The van der Waals surface area contributed by atoms with Crippen LogP contribution >= 0.6 is 0 Å². The third kappa shape index (κ3) is 9.11. The summed E-state index contributed by atoms with van der Waals surface area (Å²) in [5.41, 5.74) is 14.1. The molecule has 0 spiro atoms. The molecule has 268 valence electrons. The van der Waals surface area contributed by atoms with Crippen molar-refractivity contribution in [2.75, 3.05) is 0 Å². The molecule has 0 N–H and O–H groups in total. The summed E-state index contributed by atoms with van der Waals surface area (Å²) in [6.07, 6.45) is 15.5. The van der Waals surface area contributed by atoms with E-state index in [1.54, 1.807) is 24.8 Å². The first-order valence-electron chi connectivity index (χ1n) is 19.1. The van der Waals surface area contributed by atoms with E-state index >= 15 is 0 Å². The zero-order valence-electron chi connectivity index (χ0n) is 30.8. The zero-order valence-corrected chi connectivity index (χ0v) is 30.8. The minimum Gasteiger partial charge on any atom is -0.255 e. The monoisotopic (exact) mass is 714 g/mol. The summed E-state index contributed by atoms with van der Waals surface area (Å²) in [6, 6.07) is 50.2. The summed E-state index contributed by atoms with van der Waals surface area (Å²) in [5.74, 6) is 0. The minimum atomic E-state index is 0.843. The fourth-order valence-corrected chi connectivity index (χ4v) is 6.89. The molecule has 0 fully saturated rings. The summed E-state index contributed by atoms with van der Waals surface area (Å²) >= 11 is 0. The third-order valence-electron chi connectivity index (χ3n) is 9.87. The van der Waals surface area contributed by atoms with E-state index in [0.29, 0.717) is 0 Å². The van der Waals surface area contributed by atoms with Gasteiger partial charge in [-0.25, -0.2) is 9.97 Å². The Kier molecular flexibility index (Phi) is 11.2. The second-order valence-electron chi connectivity index (χ2n) is 13.8. The average Bonchev–Trinajstić information content (AvgIpc) is 3.27. The Morgan fingerprint density at radius 2 is 0.582 bits per heavy atom. The lowest BCUT2D eigenvalue weighted by Gasteiger charge is -2.10. The molecule has 6 heterocycles. The highest BCUT2D eigenvalue weighted by Crippen LogP contribution is 2.31. The Hall–Kier alpha value is -6.66. The maximum atomic E-state index is 4.91. The molecule has 6 nitrogen and oxygen atoms in total. The first-order chi connectivity index (χ1) is 27.2. The standard InChI is InChI=1S/C49H42N6/c1(2-4-14-36-20-24-38(25-21-36)40-32-46(42-16-6-10-28-50-42)54-47(33-40)43-17-7-11-29-51-43)3-5-15-37-22-26-39(27-23-37)41-34-48(44-18-8-12-30-52-44)55-49(35-41)45-19-9-13-31-53-45/h6-13,16-35H,1-5,14-15H2. The molecule has 8 rings (SSSR count). The number of aryl methyl sites for hydroxylation is 2. The Bertz CT molecular complexity index is 2130. The molecule has 8 aromatic rings. The van der Waals surface area contributed by atoms with Crippen LogP contribution < -0.4 is 0 Å². The van der Waals surface area contributed by atoms with E-state index in [1.807, 2.05) is 72.8 Å². The minimum absolute atomic E-state index is 0.843. The van der Waals surface area contributed by atoms with Crippen LogP contribution in [0.25, 0.3) is 67.8 Å². The maximum Gasteiger partial charge on any atom is 0.0900 e. The summed E-state index contributed by atoms with van der Waals surface area (Å²) < 4.78 is 0. The molecule has 6 aromatic heterocycles. The van der Waals surface area contributed by atoms with Crippen molar-refractivity contribution in [2.45, 2.75) is 44.9 Å². The second-order valence-corrected chi connectivity index (χ2v) is 13.8. The smallest absolute Gasteiger partial charge is 0.0900 e. The van der Waals surface area contributed by atoms with Crippen molar-refractivity contribution in [1.29, 1.82) is 0 Å². The Morgan fingerprint density at radius 1 is 0.273 bits per heavy atom. The van der Waals surface area contributed by atoms with Gasteiger partial charge in [0.25, 0.3) is 0 Å². The van der Waals surface area contributed by atoms with Gasteiger partial charge in [-0.1, -0.05) is 92.1 Å². The van der Waals surface area contributed by atoms with E-state index < -0.39 is 0 Å².